The van der Waals surface area contributed by atoms with Crippen LogP contribution in [0.1, 0.15) is 19.4 Å². The number of benzene rings is 1. The number of rotatable bonds is 5. The Bertz CT molecular complexity index is 579. The molecule has 1 amide bonds. The molecule has 7 heteroatoms. The zero-order chi connectivity index (χ0) is 15.3. The summed E-state index contributed by atoms with van der Waals surface area (Å²) in [5.41, 5.74) is -0.441. The van der Waals surface area contributed by atoms with Crippen LogP contribution < -0.4 is 10.6 Å². The molecule has 3 N–H and O–H groups in total. The molecule has 1 aromatic carbocycles. The number of nitrogens with one attached hydrogen (secondary N) is 2. The Morgan fingerprint density at radius 2 is 2.10 bits per heavy atom. The Hall–Kier alpha value is -2.10. The van der Waals surface area contributed by atoms with E-state index in [1.807, 2.05) is 6.07 Å². The second-order valence-electron chi connectivity index (χ2n) is 4.64. The maximum atomic E-state index is 11.7. The molecule has 0 aliphatic rings. The van der Waals surface area contributed by atoms with Gasteiger partial charge in [-0.25, -0.2) is 0 Å². The number of nitrogens with zero attached hydrogens (tertiary/aromatic N) is 1. The van der Waals surface area contributed by atoms with Gasteiger partial charge in [-0.05, 0) is 32.0 Å². The van der Waals surface area contributed by atoms with E-state index in [9.17, 15) is 9.59 Å². The van der Waals surface area contributed by atoms with Gasteiger partial charge in [-0.2, -0.15) is 5.26 Å². The van der Waals surface area contributed by atoms with Crippen LogP contribution in [0.15, 0.2) is 18.2 Å². The smallest absolute Gasteiger partial charge is 0.323 e. The van der Waals surface area contributed by atoms with Gasteiger partial charge < -0.3 is 10.4 Å². The van der Waals surface area contributed by atoms with Gasteiger partial charge in [0.15, 0.2) is 0 Å². The van der Waals surface area contributed by atoms with E-state index < -0.39 is 17.4 Å². The molecule has 0 atom stereocenters. The van der Waals surface area contributed by atoms with Crippen LogP contribution in [0.3, 0.4) is 0 Å². The molecule has 6 nitrogen and oxygen atoms in total. The number of carboxylic acids is 1. The van der Waals surface area contributed by atoms with Gasteiger partial charge >= 0.3 is 5.97 Å². The molecular weight excluding hydrogens is 282 g/mol. The highest BCUT2D eigenvalue weighted by Crippen LogP contribution is 2.20. The van der Waals surface area contributed by atoms with Gasteiger partial charge in [0.25, 0.3) is 0 Å². The minimum Gasteiger partial charge on any atom is -0.480 e. The summed E-state index contributed by atoms with van der Waals surface area (Å²) in [5, 5.41) is 23.0. The number of hydrogen-bond acceptors (Lipinski definition) is 4. The van der Waals surface area contributed by atoms with E-state index in [0.29, 0.717) is 11.3 Å². The summed E-state index contributed by atoms with van der Waals surface area (Å²) in [6.07, 6.45) is 0. The molecule has 1 aromatic rings. The number of halogens is 1. The summed E-state index contributed by atoms with van der Waals surface area (Å²) >= 11 is 5.84. The summed E-state index contributed by atoms with van der Waals surface area (Å²) in [7, 11) is 0. The quantitative estimate of drug-likeness (QED) is 0.766. The average Bonchev–Trinajstić information content (AvgIpc) is 2.36. The lowest BCUT2D eigenvalue weighted by atomic mass is 10.1. The van der Waals surface area contributed by atoms with Crippen molar-refractivity contribution in [3.8, 4) is 6.07 Å². The van der Waals surface area contributed by atoms with Crippen molar-refractivity contribution in [1.82, 2.24) is 5.32 Å². The standard InChI is InChI=1S/C13H14ClN3O3/c1-13(2,12(19)20)16-7-11(18)17-9-4-3-8(6-15)10(14)5-9/h3-5,16H,7H2,1-2H3,(H,17,18)(H,19,20). The van der Waals surface area contributed by atoms with E-state index in [1.54, 1.807) is 6.07 Å². The maximum absolute atomic E-state index is 11.7. The van der Waals surface area contributed by atoms with Crippen molar-refractivity contribution in [2.45, 2.75) is 19.4 Å². The molecule has 0 unspecified atom stereocenters. The Morgan fingerprint density at radius 1 is 1.45 bits per heavy atom. The van der Waals surface area contributed by atoms with Crippen LogP contribution in [0.2, 0.25) is 5.02 Å². The molecule has 0 aliphatic carbocycles. The fourth-order valence-electron chi connectivity index (χ4n) is 1.27. The van der Waals surface area contributed by atoms with Crippen molar-refractivity contribution < 1.29 is 14.7 Å². The van der Waals surface area contributed by atoms with Crippen molar-refractivity contribution in [1.29, 1.82) is 5.26 Å². The summed E-state index contributed by atoms with van der Waals surface area (Å²) in [6.45, 7) is 2.76. The van der Waals surface area contributed by atoms with E-state index >= 15 is 0 Å². The largest absolute Gasteiger partial charge is 0.480 e. The Labute approximate surface area is 121 Å². The average molecular weight is 296 g/mol. The summed E-state index contributed by atoms with van der Waals surface area (Å²) < 4.78 is 0. The zero-order valence-electron chi connectivity index (χ0n) is 11.0. The third kappa shape index (κ3) is 4.23. The summed E-state index contributed by atoms with van der Waals surface area (Å²) in [6, 6.07) is 6.41. The van der Waals surface area contributed by atoms with Crippen LogP contribution in [0.5, 0.6) is 0 Å². The molecule has 0 saturated heterocycles. The van der Waals surface area contributed by atoms with Crippen LogP contribution in [0.25, 0.3) is 0 Å². The molecular formula is C13H14ClN3O3. The molecule has 0 spiro atoms. The zero-order valence-corrected chi connectivity index (χ0v) is 11.8. The SMILES string of the molecule is CC(C)(NCC(=O)Nc1ccc(C#N)c(Cl)c1)C(=O)O. The van der Waals surface area contributed by atoms with E-state index in [0.717, 1.165) is 0 Å². The van der Waals surface area contributed by atoms with Crippen LogP contribution in [-0.2, 0) is 9.59 Å². The predicted octanol–water partition coefficient (Wildman–Crippen LogP) is 1.60. The van der Waals surface area contributed by atoms with Crippen LogP contribution in [0, 0.1) is 11.3 Å². The highest BCUT2D eigenvalue weighted by Gasteiger charge is 2.26. The van der Waals surface area contributed by atoms with Gasteiger partial charge in [0, 0.05) is 5.69 Å². The molecule has 106 valence electrons. The molecule has 0 radical (unpaired) electrons. The van der Waals surface area contributed by atoms with Gasteiger partial charge in [-0.15, -0.1) is 0 Å². The van der Waals surface area contributed by atoms with Crippen LogP contribution in [0.4, 0.5) is 5.69 Å². The van der Waals surface area contributed by atoms with Gasteiger partial charge in [-0.3, -0.25) is 14.9 Å². The van der Waals surface area contributed by atoms with Crippen LogP contribution >= 0.6 is 11.6 Å². The minimum absolute atomic E-state index is 0.156. The minimum atomic E-state index is -1.19. The molecule has 0 bridgehead atoms. The van der Waals surface area contributed by atoms with Crippen LogP contribution in [-0.4, -0.2) is 29.1 Å². The second kappa shape index (κ2) is 6.37. The van der Waals surface area contributed by atoms with E-state index in [2.05, 4.69) is 10.6 Å². The van der Waals surface area contributed by atoms with Crippen molar-refractivity contribution in [3.05, 3.63) is 28.8 Å². The monoisotopic (exact) mass is 295 g/mol. The number of hydrogen-bond donors (Lipinski definition) is 3. The number of aliphatic carboxylic acids is 1. The Kier molecular flexibility index (Phi) is 5.08. The topological polar surface area (TPSA) is 102 Å². The lowest BCUT2D eigenvalue weighted by molar-refractivity contribution is -0.143. The second-order valence-corrected chi connectivity index (χ2v) is 5.05. The number of carbonyl (C=O) groups excluding carboxylic acids is 1. The fraction of sp³-hybridized carbons (Fsp3) is 0.308. The third-order valence-corrected chi connectivity index (χ3v) is 2.91. The first-order valence-electron chi connectivity index (χ1n) is 5.74. The maximum Gasteiger partial charge on any atom is 0.323 e. The van der Waals surface area contributed by atoms with Crippen molar-refractivity contribution in [2.24, 2.45) is 0 Å². The predicted molar refractivity (Wildman–Crippen MR) is 74.5 cm³/mol. The lowest BCUT2D eigenvalue weighted by Crippen LogP contribution is -2.49. The first-order chi connectivity index (χ1) is 9.26. The Balaban J connectivity index is 2.62. The van der Waals surface area contributed by atoms with Crippen molar-refractivity contribution >= 4 is 29.2 Å². The van der Waals surface area contributed by atoms with E-state index in [4.69, 9.17) is 22.0 Å². The molecule has 0 heterocycles. The summed E-state index contributed by atoms with van der Waals surface area (Å²) in [4.78, 5) is 22.5. The highest BCUT2D eigenvalue weighted by atomic mass is 35.5. The first-order valence-corrected chi connectivity index (χ1v) is 6.12. The number of amides is 1. The number of carbonyl (C=O) groups is 2. The van der Waals surface area contributed by atoms with E-state index in [1.165, 1.54) is 26.0 Å². The molecule has 20 heavy (non-hydrogen) atoms. The van der Waals surface area contributed by atoms with Gasteiger partial charge in [0.05, 0.1) is 17.1 Å². The van der Waals surface area contributed by atoms with Gasteiger partial charge in [0.2, 0.25) is 5.91 Å². The van der Waals surface area contributed by atoms with E-state index in [-0.39, 0.29) is 11.6 Å². The number of nitriles is 1. The molecule has 1 rings (SSSR count). The first kappa shape index (κ1) is 16.0. The van der Waals surface area contributed by atoms with Gasteiger partial charge in [-0.1, -0.05) is 11.6 Å². The molecule has 0 saturated carbocycles. The molecule has 0 aromatic heterocycles. The normalized spacial score (nSPS) is 10.7. The number of anilines is 1. The fourth-order valence-corrected chi connectivity index (χ4v) is 1.49. The van der Waals surface area contributed by atoms with Crippen molar-refractivity contribution in [3.63, 3.8) is 0 Å². The Morgan fingerprint density at radius 3 is 2.60 bits per heavy atom. The lowest BCUT2D eigenvalue weighted by Gasteiger charge is -2.20. The number of carboxylic acid groups (broad SMARTS) is 1. The third-order valence-electron chi connectivity index (χ3n) is 2.60. The van der Waals surface area contributed by atoms with Gasteiger partial charge in [0.1, 0.15) is 11.6 Å². The summed E-state index contributed by atoms with van der Waals surface area (Å²) in [5.74, 6) is -1.45. The molecule has 0 fully saturated rings. The molecule has 0 aliphatic heterocycles. The van der Waals surface area contributed by atoms with Crippen molar-refractivity contribution in [2.75, 3.05) is 11.9 Å². The highest BCUT2D eigenvalue weighted by molar-refractivity contribution is 6.32.